The molecule has 5 heteroatoms. The van der Waals surface area contributed by atoms with Gasteiger partial charge in [0.05, 0.1) is 6.10 Å². The fourth-order valence-electron chi connectivity index (χ4n) is 3.03. The highest BCUT2D eigenvalue weighted by Crippen LogP contribution is 2.23. The summed E-state index contributed by atoms with van der Waals surface area (Å²) in [6, 6.07) is 0.600. The molecule has 2 atom stereocenters. The zero-order valence-corrected chi connectivity index (χ0v) is 13.4. The number of nitrogens with two attached hydrogens (primary N) is 1. The number of rotatable bonds is 8. The van der Waals surface area contributed by atoms with Crippen LogP contribution in [0, 0.1) is 5.92 Å². The third-order valence-corrected chi connectivity index (χ3v) is 4.04. The van der Waals surface area contributed by atoms with Gasteiger partial charge in [0.25, 0.3) is 5.91 Å². The van der Waals surface area contributed by atoms with Crippen LogP contribution in [-0.2, 0) is 9.53 Å². The maximum absolute atomic E-state index is 11.5. The van der Waals surface area contributed by atoms with Gasteiger partial charge in [-0.25, -0.2) is 5.84 Å². The van der Waals surface area contributed by atoms with Crippen LogP contribution < -0.4 is 11.3 Å². The van der Waals surface area contributed by atoms with Gasteiger partial charge >= 0.3 is 0 Å². The van der Waals surface area contributed by atoms with Gasteiger partial charge in [0.1, 0.15) is 6.10 Å². The van der Waals surface area contributed by atoms with Gasteiger partial charge in [0.2, 0.25) is 0 Å². The van der Waals surface area contributed by atoms with Crippen LogP contribution in [0.15, 0.2) is 0 Å². The lowest BCUT2D eigenvalue weighted by molar-refractivity contribution is -0.132. The quantitative estimate of drug-likeness (QED) is 0.404. The third-order valence-electron chi connectivity index (χ3n) is 4.04. The number of nitrogens with zero attached hydrogens (tertiary/aromatic N) is 1. The molecule has 3 N–H and O–H groups in total. The second-order valence-electron chi connectivity index (χ2n) is 6.15. The van der Waals surface area contributed by atoms with E-state index in [1.165, 1.54) is 0 Å². The van der Waals surface area contributed by atoms with Crippen LogP contribution in [0.25, 0.3) is 0 Å². The summed E-state index contributed by atoms with van der Waals surface area (Å²) in [6.45, 7) is 11.0. The Balaban J connectivity index is 2.55. The van der Waals surface area contributed by atoms with Gasteiger partial charge in [-0.2, -0.15) is 0 Å². The average Bonchev–Trinajstić information content (AvgIpc) is 2.87. The first kappa shape index (κ1) is 17.4. The van der Waals surface area contributed by atoms with Crippen molar-refractivity contribution in [1.29, 1.82) is 0 Å². The van der Waals surface area contributed by atoms with E-state index in [9.17, 15) is 4.79 Å². The fraction of sp³-hybridized carbons (Fsp3) is 0.933. The molecular weight excluding hydrogens is 254 g/mol. The molecular formula is C15H31N3O2. The number of hydrazine groups is 1. The molecule has 1 heterocycles. The van der Waals surface area contributed by atoms with E-state index < -0.39 is 0 Å². The smallest absolute Gasteiger partial charge is 0.263 e. The summed E-state index contributed by atoms with van der Waals surface area (Å²) in [7, 11) is 0. The van der Waals surface area contributed by atoms with Crippen molar-refractivity contribution in [2.45, 2.75) is 71.6 Å². The van der Waals surface area contributed by atoms with Crippen LogP contribution >= 0.6 is 0 Å². The highest BCUT2D eigenvalue weighted by Gasteiger charge is 2.32. The lowest BCUT2D eigenvalue weighted by atomic mass is 10.1. The fourth-order valence-corrected chi connectivity index (χ4v) is 3.03. The van der Waals surface area contributed by atoms with E-state index in [1.807, 2.05) is 0 Å². The second-order valence-corrected chi connectivity index (χ2v) is 6.15. The standard InChI is InChI=1S/C15H31N3O2/c1-5-12(6-2)18(9-11(3)4)10-13-7-8-14(20-13)15(19)17-16/h11-14H,5-10,16H2,1-4H3,(H,17,19). The Morgan fingerprint density at radius 1 is 1.35 bits per heavy atom. The lowest BCUT2D eigenvalue weighted by Gasteiger charge is -2.33. The first-order chi connectivity index (χ1) is 9.51. The number of carbonyl (C=O) groups is 1. The SMILES string of the molecule is CCC(CC)N(CC(C)C)CC1CCC(C(=O)NN)O1. The van der Waals surface area contributed by atoms with E-state index in [2.05, 4.69) is 38.0 Å². The molecule has 20 heavy (non-hydrogen) atoms. The van der Waals surface area contributed by atoms with Gasteiger partial charge < -0.3 is 4.74 Å². The minimum atomic E-state index is -0.368. The van der Waals surface area contributed by atoms with Crippen molar-refractivity contribution in [2.24, 2.45) is 11.8 Å². The van der Waals surface area contributed by atoms with E-state index in [0.29, 0.717) is 12.0 Å². The number of hydrogen-bond acceptors (Lipinski definition) is 4. The number of amides is 1. The lowest BCUT2D eigenvalue weighted by Crippen LogP contribution is -2.43. The topological polar surface area (TPSA) is 67.6 Å². The molecule has 0 bridgehead atoms. The molecule has 1 saturated heterocycles. The Labute approximate surface area is 123 Å². The minimum absolute atomic E-state index is 0.150. The first-order valence-electron chi connectivity index (χ1n) is 7.91. The van der Waals surface area contributed by atoms with Crippen LogP contribution in [0.4, 0.5) is 0 Å². The second kappa shape index (κ2) is 8.60. The van der Waals surface area contributed by atoms with E-state index >= 15 is 0 Å². The highest BCUT2D eigenvalue weighted by molar-refractivity contribution is 5.80. The zero-order chi connectivity index (χ0) is 15.1. The van der Waals surface area contributed by atoms with Crippen LogP contribution in [0.5, 0.6) is 0 Å². The third kappa shape index (κ3) is 5.04. The molecule has 5 nitrogen and oxygen atoms in total. The van der Waals surface area contributed by atoms with Crippen molar-refractivity contribution in [3.05, 3.63) is 0 Å². The van der Waals surface area contributed by atoms with Gasteiger partial charge in [-0.05, 0) is 31.6 Å². The van der Waals surface area contributed by atoms with Crippen molar-refractivity contribution >= 4 is 5.91 Å². The number of ether oxygens (including phenoxy) is 1. The Kier molecular flexibility index (Phi) is 7.48. The van der Waals surface area contributed by atoms with Crippen LogP contribution in [0.1, 0.15) is 53.4 Å². The van der Waals surface area contributed by atoms with Crippen LogP contribution in [0.3, 0.4) is 0 Å². The van der Waals surface area contributed by atoms with Crippen molar-refractivity contribution < 1.29 is 9.53 Å². The molecule has 0 aromatic rings. The molecule has 0 saturated carbocycles. The molecule has 2 unspecified atom stereocenters. The Bertz CT molecular complexity index is 293. The molecule has 0 aromatic carbocycles. The summed E-state index contributed by atoms with van der Waals surface area (Å²) in [5, 5.41) is 0. The van der Waals surface area contributed by atoms with E-state index in [4.69, 9.17) is 10.6 Å². The monoisotopic (exact) mass is 285 g/mol. The van der Waals surface area contributed by atoms with E-state index in [0.717, 1.165) is 38.8 Å². The molecule has 1 fully saturated rings. The summed E-state index contributed by atoms with van der Waals surface area (Å²) < 4.78 is 5.83. The average molecular weight is 285 g/mol. The van der Waals surface area contributed by atoms with Crippen molar-refractivity contribution in [1.82, 2.24) is 10.3 Å². The molecule has 1 amide bonds. The maximum atomic E-state index is 11.5. The highest BCUT2D eigenvalue weighted by atomic mass is 16.5. The normalized spacial score (nSPS) is 23.0. The van der Waals surface area contributed by atoms with E-state index in [-0.39, 0.29) is 18.1 Å². The molecule has 0 aliphatic carbocycles. The predicted octanol–water partition coefficient (Wildman–Crippen LogP) is 1.67. The first-order valence-corrected chi connectivity index (χ1v) is 7.91. The number of carbonyl (C=O) groups excluding carboxylic acids is 1. The molecule has 0 radical (unpaired) electrons. The summed E-state index contributed by atoms with van der Waals surface area (Å²) >= 11 is 0. The van der Waals surface area contributed by atoms with Gasteiger partial charge in [-0.3, -0.25) is 15.1 Å². The molecule has 118 valence electrons. The van der Waals surface area contributed by atoms with Gasteiger partial charge in [0, 0.05) is 19.1 Å². The molecule has 0 spiro atoms. The molecule has 0 aromatic heterocycles. The Morgan fingerprint density at radius 3 is 2.50 bits per heavy atom. The summed E-state index contributed by atoms with van der Waals surface area (Å²) in [4.78, 5) is 14.0. The van der Waals surface area contributed by atoms with Crippen LogP contribution in [0.2, 0.25) is 0 Å². The van der Waals surface area contributed by atoms with Crippen molar-refractivity contribution in [2.75, 3.05) is 13.1 Å². The predicted molar refractivity (Wildman–Crippen MR) is 81.0 cm³/mol. The minimum Gasteiger partial charge on any atom is -0.364 e. The van der Waals surface area contributed by atoms with E-state index in [1.54, 1.807) is 0 Å². The summed E-state index contributed by atoms with van der Waals surface area (Å²) in [6.07, 6.45) is 3.80. The van der Waals surface area contributed by atoms with Gasteiger partial charge in [0.15, 0.2) is 0 Å². The van der Waals surface area contributed by atoms with Gasteiger partial charge in [-0.15, -0.1) is 0 Å². The summed E-state index contributed by atoms with van der Waals surface area (Å²) in [5.41, 5.74) is 2.18. The maximum Gasteiger partial charge on any atom is 0.263 e. The largest absolute Gasteiger partial charge is 0.364 e. The molecule has 1 aliphatic heterocycles. The van der Waals surface area contributed by atoms with Crippen molar-refractivity contribution in [3.63, 3.8) is 0 Å². The number of hydrogen-bond donors (Lipinski definition) is 2. The number of nitrogens with one attached hydrogen (secondary N) is 1. The van der Waals surface area contributed by atoms with Crippen molar-refractivity contribution in [3.8, 4) is 0 Å². The van der Waals surface area contributed by atoms with Crippen LogP contribution in [-0.4, -0.2) is 42.1 Å². The Hall–Kier alpha value is -0.650. The molecule has 1 aliphatic rings. The van der Waals surface area contributed by atoms with Gasteiger partial charge in [-0.1, -0.05) is 27.7 Å². The Morgan fingerprint density at radius 2 is 2.00 bits per heavy atom. The zero-order valence-electron chi connectivity index (χ0n) is 13.4. The summed E-state index contributed by atoms with van der Waals surface area (Å²) in [5.74, 6) is 5.60. The molecule has 1 rings (SSSR count).